The van der Waals surface area contributed by atoms with Crippen molar-refractivity contribution >= 4 is 11.6 Å². The van der Waals surface area contributed by atoms with Gasteiger partial charge in [-0.15, -0.1) is 0 Å². The quantitative estimate of drug-likeness (QED) is 0.355. The minimum Gasteiger partial charge on any atom is -0.488 e. The molecule has 0 saturated heterocycles. The van der Waals surface area contributed by atoms with Crippen LogP contribution in [0.2, 0.25) is 0 Å². The van der Waals surface area contributed by atoms with E-state index in [0.717, 1.165) is 34.8 Å². The molecule has 0 unspecified atom stereocenters. The zero-order chi connectivity index (χ0) is 26.3. The first kappa shape index (κ1) is 27.6. The molecule has 0 spiro atoms. The molecule has 0 radical (unpaired) electrons. The molecule has 2 aromatic rings. The number of para-hydroxylation sites is 2. The van der Waals surface area contributed by atoms with Gasteiger partial charge in [0.15, 0.2) is 18.1 Å². The average Bonchev–Trinajstić information content (AvgIpc) is 3.23. The molecule has 0 bridgehead atoms. The number of hydroxylamine groups is 2. The van der Waals surface area contributed by atoms with Crippen molar-refractivity contribution in [3.8, 4) is 11.5 Å². The van der Waals surface area contributed by atoms with Crippen molar-refractivity contribution in [2.24, 2.45) is 5.73 Å². The third-order valence-corrected chi connectivity index (χ3v) is 5.93. The second-order valence-electron chi connectivity index (χ2n) is 8.74. The van der Waals surface area contributed by atoms with E-state index >= 15 is 0 Å². The SMILES string of the molecule is C[C@H](Cc1cc2c(c(C(N)=O)c1)N(CCCO)CC2)N(O)CCOc1ccccc1OCC(F)(F)F. The van der Waals surface area contributed by atoms with Gasteiger partial charge in [-0.3, -0.25) is 4.79 Å². The highest BCUT2D eigenvalue weighted by molar-refractivity contribution is 6.00. The Morgan fingerprint density at radius 1 is 1.22 bits per heavy atom. The predicted molar refractivity (Wildman–Crippen MR) is 128 cm³/mol. The minimum absolute atomic E-state index is 0.0176. The number of hydrogen-bond acceptors (Lipinski definition) is 7. The Balaban J connectivity index is 1.59. The fourth-order valence-corrected chi connectivity index (χ4v) is 4.25. The van der Waals surface area contributed by atoms with Gasteiger partial charge in [0.25, 0.3) is 5.91 Å². The van der Waals surface area contributed by atoms with E-state index in [1.54, 1.807) is 18.2 Å². The molecule has 1 atom stereocenters. The highest BCUT2D eigenvalue weighted by atomic mass is 19.4. The number of benzene rings is 2. The zero-order valence-electron chi connectivity index (χ0n) is 20.1. The molecule has 2 aromatic carbocycles. The summed E-state index contributed by atoms with van der Waals surface area (Å²) in [4.78, 5) is 14.2. The van der Waals surface area contributed by atoms with Gasteiger partial charge in [0, 0.05) is 25.7 Å². The van der Waals surface area contributed by atoms with Crippen molar-refractivity contribution in [3.63, 3.8) is 0 Å². The van der Waals surface area contributed by atoms with Crippen molar-refractivity contribution in [1.29, 1.82) is 0 Å². The lowest BCUT2D eigenvalue weighted by atomic mass is 9.98. The maximum Gasteiger partial charge on any atom is 0.422 e. The van der Waals surface area contributed by atoms with E-state index in [2.05, 4.69) is 4.90 Å². The number of alkyl halides is 3. The van der Waals surface area contributed by atoms with E-state index in [1.807, 2.05) is 13.0 Å². The smallest absolute Gasteiger partial charge is 0.422 e. The first-order valence-corrected chi connectivity index (χ1v) is 11.8. The van der Waals surface area contributed by atoms with Gasteiger partial charge in [-0.2, -0.15) is 18.2 Å². The van der Waals surface area contributed by atoms with Crippen LogP contribution in [-0.2, 0) is 12.8 Å². The highest BCUT2D eigenvalue weighted by Crippen LogP contribution is 2.34. The van der Waals surface area contributed by atoms with Gasteiger partial charge in [-0.1, -0.05) is 18.2 Å². The highest BCUT2D eigenvalue weighted by Gasteiger charge is 2.29. The Kier molecular flexibility index (Phi) is 9.41. The minimum atomic E-state index is -4.46. The first-order chi connectivity index (χ1) is 17.1. The standard InChI is InChI=1S/C25H32F3N3O5/c1-17(31(34)10-12-35-21-5-2-3-6-22(21)36-16-25(26,27)28)13-18-14-19-7-9-30(8-4-11-32)23(19)20(15-18)24(29)33/h2-3,5-6,14-15,17,32,34H,4,7-13,16H2,1H3,(H2,29,33)/t17-/m1/s1. The van der Waals surface area contributed by atoms with Crippen LogP contribution in [0, 0.1) is 0 Å². The summed E-state index contributed by atoms with van der Waals surface area (Å²) in [6.07, 6.45) is -2.67. The summed E-state index contributed by atoms with van der Waals surface area (Å²) in [7, 11) is 0. The number of aliphatic hydroxyl groups excluding tert-OH is 1. The Morgan fingerprint density at radius 2 is 1.92 bits per heavy atom. The second kappa shape index (κ2) is 12.3. The number of primary amides is 1. The van der Waals surface area contributed by atoms with Crippen LogP contribution in [0.5, 0.6) is 11.5 Å². The lowest BCUT2D eigenvalue weighted by molar-refractivity contribution is -0.153. The molecule has 1 heterocycles. The van der Waals surface area contributed by atoms with E-state index in [4.69, 9.17) is 20.3 Å². The zero-order valence-corrected chi connectivity index (χ0v) is 20.1. The topological polar surface area (TPSA) is 108 Å². The number of carbonyl (C=O) groups excluding carboxylic acids is 1. The van der Waals surface area contributed by atoms with Crippen LogP contribution in [0.1, 0.15) is 34.8 Å². The molecule has 11 heteroatoms. The summed E-state index contributed by atoms with van der Waals surface area (Å²) >= 11 is 0. The van der Waals surface area contributed by atoms with E-state index < -0.39 is 18.7 Å². The van der Waals surface area contributed by atoms with Crippen LogP contribution in [-0.4, -0.2) is 73.0 Å². The number of ether oxygens (including phenoxy) is 2. The number of halogens is 3. The maximum absolute atomic E-state index is 12.5. The van der Waals surface area contributed by atoms with Crippen molar-refractivity contribution < 1.29 is 37.8 Å². The van der Waals surface area contributed by atoms with Crippen molar-refractivity contribution in [1.82, 2.24) is 5.06 Å². The number of carbonyl (C=O) groups is 1. The van der Waals surface area contributed by atoms with Crippen LogP contribution in [0.4, 0.5) is 18.9 Å². The molecule has 36 heavy (non-hydrogen) atoms. The molecule has 0 aliphatic carbocycles. The molecule has 1 amide bonds. The molecule has 1 aliphatic heterocycles. The van der Waals surface area contributed by atoms with Crippen LogP contribution in [0.15, 0.2) is 36.4 Å². The Morgan fingerprint density at radius 3 is 2.56 bits per heavy atom. The predicted octanol–water partition coefficient (Wildman–Crippen LogP) is 3.17. The molecule has 1 aliphatic rings. The summed E-state index contributed by atoms with van der Waals surface area (Å²) < 4.78 is 47.8. The van der Waals surface area contributed by atoms with Gasteiger partial charge < -0.3 is 30.4 Å². The normalized spacial score (nSPS) is 14.1. The number of rotatable bonds is 13. The van der Waals surface area contributed by atoms with Crippen LogP contribution < -0.4 is 20.1 Å². The number of hydrogen-bond donors (Lipinski definition) is 3. The van der Waals surface area contributed by atoms with E-state index in [9.17, 15) is 23.2 Å². The van der Waals surface area contributed by atoms with Gasteiger partial charge in [-0.05, 0) is 55.5 Å². The largest absolute Gasteiger partial charge is 0.488 e. The lowest BCUT2D eigenvalue weighted by Gasteiger charge is -2.24. The average molecular weight is 512 g/mol. The summed E-state index contributed by atoms with van der Waals surface area (Å²) in [5.41, 5.74) is 8.75. The Hall–Kier alpha value is -3.02. The number of fused-ring (bicyclic) bond motifs is 1. The summed E-state index contributed by atoms with van der Waals surface area (Å²) in [5.74, 6) is -0.409. The molecule has 0 aromatic heterocycles. The lowest BCUT2D eigenvalue weighted by Crippen LogP contribution is -2.35. The molecule has 3 rings (SSSR count). The number of amides is 1. The summed E-state index contributed by atoms with van der Waals surface area (Å²) in [5, 5.41) is 20.7. The maximum atomic E-state index is 12.5. The fourth-order valence-electron chi connectivity index (χ4n) is 4.25. The van der Waals surface area contributed by atoms with Crippen molar-refractivity contribution in [3.05, 3.63) is 53.1 Å². The van der Waals surface area contributed by atoms with Gasteiger partial charge in [0.2, 0.25) is 0 Å². The first-order valence-electron chi connectivity index (χ1n) is 11.8. The molecule has 4 N–H and O–H groups in total. The van der Waals surface area contributed by atoms with Crippen molar-refractivity contribution in [2.75, 3.05) is 44.4 Å². The van der Waals surface area contributed by atoms with Gasteiger partial charge in [-0.25, -0.2) is 0 Å². The van der Waals surface area contributed by atoms with Gasteiger partial charge in [0.05, 0.1) is 17.8 Å². The molecular formula is C25H32F3N3O5. The number of aliphatic hydroxyl groups is 1. The van der Waals surface area contributed by atoms with Crippen LogP contribution >= 0.6 is 0 Å². The van der Waals surface area contributed by atoms with E-state index in [-0.39, 0.29) is 37.3 Å². The van der Waals surface area contributed by atoms with Gasteiger partial charge in [0.1, 0.15) is 6.61 Å². The van der Waals surface area contributed by atoms with Crippen LogP contribution in [0.25, 0.3) is 0 Å². The van der Waals surface area contributed by atoms with Crippen molar-refractivity contribution in [2.45, 2.75) is 38.4 Å². The number of nitrogens with zero attached hydrogens (tertiary/aromatic N) is 2. The van der Waals surface area contributed by atoms with Gasteiger partial charge >= 0.3 is 6.18 Å². The Labute approximate surface area is 208 Å². The molecule has 0 fully saturated rings. The third kappa shape index (κ3) is 7.49. The fraction of sp³-hybridized carbons (Fsp3) is 0.480. The molecular weight excluding hydrogens is 479 g/mol. The van der Waals surface area contributed by atoms with E-state index in [0.29, 0.717) is 24.9 Å². The Bertz CT molecular complexity index is 1030. The molecule has 0 saturated carbocycles. The van der Waals surface area contributed by atoms with Crippen LogP contribution in [0.3, 0.4) is 0 Å². The van der Waals surface area contributed by atoms with E-state index in [1.165, 1.54) is 12.1 Å². The summed E-state index contributed by atoms with van der Waals surface area (Å²) in [6, 6.07) is 9.46. The summed E-state index contributed by atoms with van der Waals surface area (Å²) in [6.45, 7) is 1.94. The molecule has 8 nitrogen and oxygen atoms in total. The monoisotopic (exact) mass is 511 g/mol. The molecule has 198 valence electrons. The number of nitrogens with two attached hydrogens (primary N) is 1. The number of anilines is 1. The third-order valence-electron chi connectivity index (χ3n) is 5.93. The second-order valence-corrected chi connectivity index (χ2v) is 8.74.